The topological polar surface area (TPSA) is 211 Å². The first kappa shape index (κ1) is 55.9. The number of aliphatic hydroxyl groups is 1. The smallest absolute Gasteiger partial charge is 0.246 e. The molecular formula is C56H66ClN9O8S2. The number of ether oxygens (including phenoxy) is 3. The van der Waals surface area contributed by atoms with E-state index in [9.17, 15) is 24.3 Å². The SMILES string of the molecule is Cc1ncsc1-c1ccc(CNC(=O)C2CC(O)CN2C(=O)C(NC(=O)COCCCCOCCCOc2ccc(NC(=O)CC3N=C(c4ccc(Cl)cc4)c4c(sc(C)c4C)-n4c(C)nnc43)cc2)C(C)(C)C)cc1. The van der Waals surface area contributed by atoms with Gasteiger partial charge in [0.15, 0.2) is 5.82 Å². The van der Waals surface area contributed by atoms with Crippen molar-refractivity contribution in [3.63, 3.8) is 0 Å². The first-order chi connectivity index (χ1) is 36.4. The number of unbranched alkanes of at least 4 members (excludes halogenated alkanes) is 1. The van der Waals surface area contributed by atoms with Crippen LogP contribution in [0.1, 0.15) is 103 Å². The van der Waals surface area contributed by atoms with Crippen molar-refractivity contribution in [3.8, 4) is 21.2 Å². The fourth-order valence-corrected chi connectivity index (χ4v) is 11.3. The van der Waals surface area contributed by atoms with Crippen LogP contribution in [0.4, 0.5) is 5.69 Å². The molecule has 3 aromatic heterocycles. The van der Waals surface area contributed by atoms with Gasteiger partial charge in [-0.25, -0.2) is 4.98 Å². The van der Waals surface area contributed by atoms with Gasteiger partial charge in [0.25, 0.3) is 0 Å². The minimum absolute atomic E-state index is 0.0118. The van der Waals surface area contributed by atoms with Crippen LogP contribution in [0.5, 0.6) is 5.75 Å². The number of benzene rings is 3. The lowest BCUT2D eigenvalue weighted by molar-refractivity contribution is -0.144. The van der Waals surface area contributed by atoms with Crippen LogP contribution < -0.4 is 20.7 Å². The minimum atomic E-state index is -0.952. The van der Waals surface area contributed by atoms with Gasteiger partial charge >= 0.3 is 0 Å². The summed E-state index contributed by atoms with van der Waals surface area (Å²) in [6, 6.07) is 20.3. The van der Waals surface area contributed by atoms with Gasteiger partial charge < -0.3 is 40.2 Å². The van der Waals surface area contributed by atoms with Gasteiger partial charge in [-0.1, -0.05) is 68.8 Å². The summed E-state index contributed by atoms with van der Waals surface area (Å²) in [4.78, 5) is 67.3. The molecule has 2 aliphatic heterocycles. The van der Waals surface area contributed by atoms with Crippen molar-refractivity contribution in [2.75, 3.05) is 44.9 Å². The van der Waals surface area contributed by atoms with Crippen molar-refractivity contribution < 1.29 is 38.5 Å². The summed E-state index contributed by atoms with van der Waals surface area (Å²) in [6.07, 6.45) is 1.35. The number of hydrogen-bond donors (Lipinski definition) is 4. The van der Waals surface area contributed by atoms with Gasteiger partial charge in [0.2, 0.25) is 23.6 Å². The van der Waals surface area contributed by atoms with Crippen LogP contribution in [0.15, 0.2) is 83.3 Å². The van der Waals surface area contributed by atoms with Crippen molar-refractivity contribution in [3.05, 3.63) is 128 Å². The number of aryl methyl sites for hydroxylation is 3. The Morgan fingerprint density at radius 1 is 0.855 bits per heavy atom. The molecule has 4 amide bonds. The maximum absolute atomic E-state index is 14.0. The molecule has 0 radical (unpaired) electrons. The molecule has 0 spiro atoms. The van der Waals surface area contributed by atoms with Gasteiger partial charge in [-0.3, -0.25) is 28.7 Å². The Morgan fingerprint density at radius 2 is 1.55 bits per heavy atom. The molecule has 0 bridgehead atoms. The molecule has 402 valence electrons. The summed E-state index contributed by atoms with van der Waals surface area (Å²) in [7, 11) is 0. The highest BCUT2D eigenvalue weighted by molar-refractivity contribution is 7.15. The predicted molar refractivity (Wildman–Crippen MR) is 296 cm³/mol. The van der Waals surface area contributed by atoms with E-state index in [0.717, 1.165) is 61.3 Å². The van der Waals surface area contributed by atoms with E-state index in [2.05, 4.69) is 45.0 Å². The van der Waals surface area contributed by atoms with Crippen molar-refractivity contribution in [2.24, 2.45) is 10.4 Å². The average Bonchev–Trinajstić information content (AvgIpc) is 4.19. The number of aliphatic hydroxyl groups excluding tert-OH is 1. The molecule has 5 heterocycles. The molecule has 0 aliphatic carbocycles. The van der Waals surface area contributed by atoms with Crippen molar-refractivity contribution in [1.82, 2.24) is 35.3 Å². The van der Waals surface area contributed by atoms with Gasteiger partial charge in [-0.05, 0) is 99.0 Å². The molecule has 1 saturated heterocycles. The molecule has 0 saturated carbocycles. The Balaban J connectivity index is 0.709. The standard InChI is InChI=1S/C56H66ClN9O8S2/c1-33-35(3)76-55-48(33)49(38-15-17-40(57)18-16-38)61-44(52-64-63-36(4)66(52)55)28-46(68)60-41-19-21-43(22-20-41)74-26-10-25-72-23-8-9-24-73-31-47(69)62-51(56(5,6)7)54(71)65-30-42(67)27-45(65)53(70)58-29-37-11-13-39(14-12-37)50-34(2)59-32-75-50/h11-22,32,42,44-45,51,67H,8-10,23-31H2,1-7H3,(H,58,70)(H,60,68)(H,62,69). The molecule has 76 heavy (non-hydrogen) atoms. The highest BCUT2D eigenvalue weighted by atomic mass is 35.5. The zero-order valence-electron chi connectivity index (χ0n) is 44.0. The number of rotatable bonds is 22. The summed E-state index contributed by atoms with van der Waals surface area (Å²) in [6.45, 7) is 15.4. The average molecular weight is 1090 g/mol. The van der Waals surface area contributed by atoms with Crippen LogP contribution in [0.3, 0.4) is 0 Å². The molecule has 6 aromatic rings. The van der Waals surface area contributed by atoms with Crippen LogP contribution >= 0.6 is 34.3 Å². The predicted octanol–water partition coefficient (Wildman–Crippen LogP) is 8.65. The lowest BCUT2D eigenvalue weighted by atomic mass is 9.85. The third-order valence-electron chi connectivity index (χ3n) is 13.3. The Hall–Kier alpha value is -6.35. The first-order valence-electron chi connectivity index (χ1n) is 25.5. The molecule has 17 nitrogen and oxygen atoms in total. The Labute approximate surface area is 456 Å². The van der Waals surface area contributed by atoms with E-state index in [-0.39, 0.29) is 44.4 Å². The molecule has 4 unspecified atom stereocenters. The second-order valence-corrected chi connectivity index (χ2v) is 22.7. The van der Waals surface area contributed by atoms with E-state index in [0.29, 0.717) is 61.6 Å². The normalized spacial score (nSPS) is 16.6. The molecule has 2 aliphatic rings. The first-order valence-corrected chi connectivity index (χ1v) is 27.6. The number of aromatic nitrogens is 4. The largest absolute Gasteiger partial charge is 0.494 e. The van der Waals surface area contributed by atoms with E-state index in [1.54, 1.807) is 34.8 Å². The van der Waals surface area contributed by atoms with Crippen LogP contribution in [0, 0.1) is 33.1 Å². The van der Waals surface area contributed by atoms with Crippen molar-refractivity contribution in [2.45, 2.75) is 111 Å². The number of carbonyl (C=O) groups is 4. The van der Waals surface area contributed by atoms with Crippen molar-refractivity contribution in [1.29, 1.82) is 0 Å². The number of β-amino-alcohol motifs (C(OH)–C–C–N with tert-alkyl or cyclic N) is 1. The lowest BCUT2D eigenvalue weighted by Crippen LogP contribution is -2.58. The van der Waals surface area contributed by atoms with Crippen LogP contribution in [0.2, 0.25) is 5.02 Å². The van der Waals surface area contributed by atoms with Gasteiger partial charge in [0.1, 0.15) is 41.3 Å². The minimum Gasteiger partial charge on any atom is -0.494 e. The van der Waals surface area contributed by atoms with E-state index < -0.39 is 41.5 Å². The quantitative estimate of drug-likeness (QED) is 0.0473. The summed E-state index contributed by atoms with van der Waals surface area (Å²) in [5.41, 5.74) is 8.47. The molecule has 1 fully saturated rings. The third-order valence-corrected chi connectivity index (χ3v) is 15.8. The number of anilines is 1. The van der Waals surface area contributed by atoms with Crippen LogP contribution in [0.25, 0.3) is 15.4 Å². The zero-order valence-corrected chi connectivity index (χ0v) is 46.4. The maximum atomic E-state index is 14.0. The summed E-state index contributed by atoms with van der Waals surface area (Å²) in [5.74, 6) is 0.533. The van der Waals surface area contributed by atoms with Gasteiger partial charge in [0.05, 0.1) is 40.9 Å². The molecule has 4 atom stereocenters. The number of nitrogens with zero attached hydrogens (tertiary/aromatic N) is 6. The van der Waals surface area contributed by atoms with Crippen molar-refractivity contribution >= 4 is 69.3 Å². The fourth-order valence-electron chi connectivity index (χ4n) is 9.16. The zero-order chi connectivity index (χ0) is 54.1. The second kappa shape index (κ2) is 25.2. The Morgan fingerprint density at radius 3 is 2.25 bits per heavy atom. The van der Waals surface area contributed by atoms with E-state index >= 15 is 0 Å². The van der Waals surface area contributed by atoms with E-state index in [1.165, 1.54) is 9.78 Å². The molecule has 3 aromatic carbocycles. The number of thiazole rings is 1. The van der Waals surface area contributed by atoms with Crippen LogP contribution in [-0.2, 0) is 35.2 Å². The van der Waals surface area contributed by atoms with Gasteiger partial charge in [0, 0.05) is 72.5 Å². The monoisotopic (exact) mass is 1090 g/mol. The third kappa shape index (κ3) is 13.8. The molecular weight excluding hydrogens is 1030 g/mol. The Bertz CT molecular complexity index is 3020. The lowest BCUT2D eigenvalue weighted by Gasteiger charge is -2.35. The Kier molecular flexibility index (Phi) is 18.5. The van der Waals surface area contributed by atoms with E-state index in [1.807, 2.05) is 105 Å². The summed E-state index contributed by atoms with van der Waals surface area (Å²) < 4.78 is 19.4. The number of nitrogens with one attached hydrogen (secondary N) is 3. The number of amides is 4. The van der Waals surface area contributed by atoms with Gasteiger partial charge in [-0.15, -0.1) is 32.9 Å². The number of likely N-dealkylation sites (tertiary alicyclic amines) is 1. The molecule has 20 heteroatoms. The maximum Gasteiger partial charge on any atom is 0.246 e. The summed E-state index contributed by atoms with van der Waals surface area (Å²) >= 11 is 9.49. The number of fused-ring (bicyclic) bond motifs is 3. The highest BCUT2D eigenvalue weighted by Gasteiger charge is 2.44. The number of aliphatic imine (C=N–C) groups is 1. The number of carbonyl (C=O) groups excluding carboxylic acids is 4. The molecule has 4 N–H and O–H groups in total. The molecule has 8 rings (SSSR count). The number of thiophene rings is 1. The fraction of sp³-hybridized carbons (Fsp3) is 0.429. The number of hydrogen-bond acceptors (Lipinski definition) is 14. The van der Waals surface area contributed by atoms with E-state index in [4.69, 9.17) is 30.8 Å². The summed E-state index contributed by atoms with van der Waals surface area (Å²) in [5, 5.41) is 29.9. The van der Waals surface area contributed by atoms with Crippen LogP contribution in [-0.4, -0.2) is 117 Å². The van der Waals surface area contributed by atoms with Gasteiger partial charge in [-0.2, -0.15) is 0 Å². The highest BCUT2D eigenvalue weighted by Crippen LogP contribution is 2.40. The number of halogens is 1. The second-order valence-electron chi connectivity index (χ2n) is 20.2.